The zero-order valence-corrected chi connectivity index (χ0v) is 14.9. The fourth-order valence-corrected chi connectivity index (χ4v) is 2.86. The van der Waals surface area contributed by atoms with Gasteiger partial charge in [-0.05, 0) is 51.5 Å². The Bertz CT molecular complexity index is 664. The van der Waals surface area contributed by atoms with E-state index in [2.05, 4.69) is 29.0 Å². The summed E-state index contributed by atoms with van der Waals surface area (Å²) in [7, 11) is 0. The summed E-state index contributed by atoms with van der Waals surface area (Å²) < 4.78 is 1.75. The minimum atomic E-state index is -0.0971. The van der Waals surface area contributed by atoms with Crippen LogP contribution in [0.5, 0.6) is 0 Å². The Kier molecular flexibility index (Phi) is 6.42. The average molecular weight is 337 g/mol. The highest BCUT2D eigenvalue weighted by Crippen LogP contribution is 2.16. The maximum absolute atomic E-state index is 12.4. The highest BCUT2D eigenvalue weighted by Gasteiger charge is 2.16. The Morgan fingerprint density at radius 3 is 2.74 bits per heavy atom. The molecule has 0 atom stereocenters. The van der Waals surface area contributed by atoms with E-state index in [1.54, 1.807) is 16.7 Å². The van der Waals surface area contributed by atoms with Gasteiger partial charge >= 0.3 is 0 Å². The number of aromatic nitrogens is 2. The van der Waals surface area contributed by atoms with Gasteiger partial charge in [0.05, 0.1) is 10.7 Å². The summed E-state index contributed by atoms with van der Waals surface area (Å²) in [5.41, 5.74) is 2.01. The van der Waals surface area contributed by atoms with Crippen LogP contribution in [0.3, 0.4) is 0 Å². The Balaban J connectivity index is 1.91. The normalized spacial score (nSPS) is 11.3. The van der Waals surface area contributed by atoms with Crippen molar-refractivity contribution in [2.75, 3.05) is 26.2 Å². The molecule has 2 aromatic rings. The molecular weight excluding hydrogens is 312 g/mol. The number of unbranched alkanes of at least 4 members (excludes halogenated alkanes) is 1. The van der Waals surface area contributed by atoms with Crippen LogP contribution in [0.4, 0.5) is 0 Å². The lowest BCUT2D eigenvalue weighted by molar-refractivity contribution is 0.0946. The zero-order chi connectivity index (χ0) is 16.8. The number of carbonyl (C=O) groups is 1. The van der Waals surface area contributed by atoms with E-state index >= 15 is 0 Å². The van der Waals surface area contributed by atoms with Crippen LogP contribution in [0, 0.1) is 6.92 Å². The number of rotatable bonds is 8. The Morgan fingerprint density at radius 1 is 1.30 bits per heavy atom. The minimum Gasteiger partial charge on any atom is -0.351 e. The first-order valence-corrected chi connectivity index (χ1v) is 8.59. The largest absolute Gasteiger partial charge is 0.351 e. The van der Waals surface area contributed by atoms with Gasteiger partial charge in [-0.25, -0.2) is 4.98 Å². The molecule has 1 amide bonds. The molecule has 0 aliphatic heterocycles. The van der Waals surface area contributed by atoms with Gasteiger partial charge in [-0.15, -0.1) is 0 Å². The second kappa shape index (κ2) is 8.31. The lowest BCUT2D eigenvalue weighted by atomic mass is 10.2. The predicted octanol–water partition coefficient (Wildman–Crippen LogP) is 3.15. The molecule has 0 spiro atoms. The van der Waals surface area contributed by atoms with Crippen molar-refractivity contribution < 1.29 is 4.79 Å². The smallest absolute Gasteiger partial charge is 0.270 e. The molecule has 0 fully saturated rings. The van der Waals surface area contributed by atoms with Gasteiger partial charge in [-0.1, -0.05) is 25.4 Å². The maximum atomic E-state index is 12.4. The first kappa shape index (κ1) is 17.8. The Hall–Kier alpha value is -1.59. The van der Waals surface area contributed by atoms with E-state index in [0.29, 0.717) is 23.0 Å². The van der Waals surface area contributed by atoms with Crippen LogP contribution in [0.2, 0.25) is 5.02 Å². The summed E-state index contributed by atoms with van der Waals surface area (Å²) >= 11 is 6.02. The highest BCUT2D eigenvalue weighted by atomic mass is 35.5. The number of halogens is 1. The molecule has 2 aromatic heterocycles. The molecule has 2 rings (SSSR count). The molecule has 0 saturated heterocycles. The number of amides is 1. The molecule has 0 bridgehead atoms. The van der Waals surface area contributed by atoms with Gasteiger partial charge in [0.1, 0.15) is 11.3 Å². The number of nitrogens with one attached hydrogen (secondary N) is 1. The van der Waals surface area contributed by atoms with Crippen LogP contribution in [-0.4, -0.2) is 46.4 Å². The van der Waals surface area contributed by atoms with E-state index < -0.39 is 0 Å². The zero-order valence-electron chi connectivity index (χ0n) is 14.1. The molecule has 5 nitrogen and oxygen atoms in total. The first-order valence-electron chi connectivity index (χ1n) is 8.21. The quantitative estimate of drug-likeness (QED) is 0.753. The number of carbonyl (C=O) groups excluding carboxylic acids is 1. The maximum Gasteiger partial charge on any atom is 0.270 e. The lowest BCUT2D eigenvalue weighted by Gasteiger charge is -2.17. The van der Waals surface area contributed by atoms with Crippen LogP contribution in [0.15, 0.2) is 18.3 Å². The first-order chi connectivity index (χ1) is 11.1. The van der Waals surface area contributed by atoms with E-state index in [9.17, 15) is 4.79 Å². The van der Waals surface area contributed by atoms with Crippen LogP contribution >= 0.6 is 11.6 Å². The molecule has 6 heteroatoms. The van der Waals surface area contributed by atoms with Crippen molar-refractivity contribution in [1.29, 1.82) is 0 Å². The van der Waals surface area contributed by atoms with Gasteiger partial charge < -0.3 is 10.2 Å². The minimum absolute atomic E-state index is 0.0971. The number of hydrogen-bond donors (Lipinski definition) is 1. The van der Waals surface area contributed by atoms with Crippen molar-refractivity contribution in [2.45, 2.75) is 33.6 Å². The van der Waals surface area contributed by atoms with Gasteiger partial charge in [0, 0.05) is 12.7 Å². The van der Waals surface area contributed by atoms with Gasteiger partial charge in [-0.2, -0.15) is 0 Å². The van der Waals surface area contributed by atoms with Crippen LogP contribution in [0.25, 0.3) is 5.65 Å². The third-order valence-corrected chi connectivity index (χ3v) is 4.28. The van der Waals surface area contributed by atoms with Gasteiger partial charge in [-0.3, -0.25) is 9.20 Å². The second-order valence-corrected chi connectivity index (χ2v) is 6.05. The van der Waals surface area contributed by atoms with E-state index in [1.165, 1.54) is 0 Å². The molecule has 0 unspecified atom stereocenters. The molecule has 0 aromatic carbocycles. The number of nitrogens with zero attached hydrogens (tertiary/aromatic N) is 3. The molecule has 0 saturated carbocycles. The number of fused-ring (bicyclic) bond motifs is 1. The fraction of sp³-hybridized carbons (Fsp3) is 0.529. The third kappa shape index (κ3) is 4.45. The Labute approximate surface area is 142 Å². The Morgan fingerprint density at radius 2 is 2.04 bits per heavy atom. The van der Waals surface area contributed by atoms with Gasteiger partial charge in [0.25, 0.3) is 5.91 Å². The van der Waals surface area contributed by atoms with Crippen molar-refractivity contribution in [3.05, 3.63) is 34.7 Å². The van der Waals surface area contributed by atoms with Crippen molar-refractivity contribution in [2.24, 2.45) is 0 Å². The highest BCUT2D eigenvalue weighted by molar-refractivity contribution is 6.30. The molecular formula is C17H25ClN4O. The standard InChI is InChI=1S/C17H25ClN4O/c1-4-21(5-2)11-7-6-10-19-17(23)16-13(3)20-15-9-8-14(18)12-22(15)16/h8-9,12H,4-7,10-11H2,1-3H3,(H,19,23). The van der Waals surface area contributed by atoms with E-state index in [0.717, 1.165) is 38.1 Å². The van der Waals surface area contributed by atoms with Crippen LogP contribution in [0.1, 0.15) is 42.9 Å². The molecule has 0 aliphatic rings. The van der Waals surface area contributed by atoms with E-state index in [-0.39, 0.29) is 5.91 Å². The molecule has 23 heavy (non-hydrogen) atoms. The van der Waals surface area contributed by atoms with Crippen molar-refractivity contribution in [1.82, 2.24) is 19.6 Å². The fourth-order valence-electron chi connectivity index (χ4n) is 2.70. The van der Waals surface area contributed by atoms with Crippen molar-refractivity contribution in [3.8, 4) is 0 Å². The van der Waals surface area contributed by atoms with Gasteiger partial charge in [0.15, 0.2) is 0 Å². The average Bonchev–Trinajstić information content (AvgIpc) is 2.86. The summed E-state index contributed by atoms with van der Waals surface area (Å²) in [6.45, 7) is 10.1. The SMILES string of the molecule is CCN(CC)CCCCNC(=O)c1c(C)nc2ccc(Cl)cn12. The second-order valence-electron chi connectivity index (χ2n) is 5.61. The summed E-state index contributed by atoms with van der Waals surface area (Å²) in [5, 5.41) is 3.57. The molecule has 0 radical (unpaired) electrons. The molecule has 1 N–H and O–H groups in total. The number of aryl methyl sites for hydroxylation is 1. The predicted molar refractivity (Wildman–Crippen MR) is 94.3 cm³/mol. The molecule has 126 valence electrons. The monoisotopic (exact) mass is 336 g/mol. The summed E-state index contributed by atoms with van der Waals surface area (Å²) in [6.07, 6.45) is 3.78. The lowest BCUT2D eigenvalue weighted by Crippen LogP contribution is -2.28. The summed E-state index contributed by atoms with van der Waals surface area (Å²) in [4.78, 5) is 19.2. The van der Waals surface area contributed by atoms with E-state index in [4.69, 9.17) is 11.6 Å². The molecule has 0 aliphatic carbocycles. The number of hydrogen-bond acceptors (Lipinski definition) is 3. The van der Waals surface area contributed by atoms with Crippen LogP contribution in [-0.2, 0) is 0 Å². The van der Waals surface area contributed by atoms with E-state index in [1.807, 2.05) is 13.0 Å². The molecule has 2 heterocycles. The van der Waals surface area contributed by atoms with Crippen molar-refractivity contribution in [3.63, 3.8) is 0 Å². The topological polar surface area (TPSA) is 49.6 Å². The third-order valence-electron chi connectivity index (χ3n) is 4.05. The summed E-state index contributed by atoms with van der Waals surface area (Å²) in [6, 6.07) is 3.59. The number of pyridine rings is 1. The van der Waals surface area contributed by atoms with Crippen LogP contribution < -0.4 is 5.32 Å². The van der Waals surface area contributed by atoms with Gasteiger partial charge in [0.2, 0.25) is 0 Å². The van der Waals surface area contributed by atoms with Crippen molar-refractivity contribution >= 4 is 23.2 Å². The summed E-state index contributed by atoms with van der Waals surface area (Å²) in [5.74, 6) is -0.0971. The number of imidazole rings is 1.